The first-order valence-electron chi connectivity index (χ1n) is 9.63. The first-order chi connectivity index (χ1) is 13.1. The minimum Gasteiger partial charge on any atom is -0.348 e. The number of nitrogens with zero attached hydrogens (tertiary/aromatic N) is 3. The maximum absolute atomic E-state index is 12.6. The highest BCUT2D eigenvalue weighted by molar-refractivity contribution is 6.09. The molecule has 0 bridgehead atoms. The first kappa shape index (κ1) is 17.6. The van der Waals surface area contributed by atoms with Crippen LogP contribution < -0.4 is 10.2 Å². The summed E-state index contributed by atoms with van der Waals surface area (Å²) < 4.78 is 0. The molecule has 2 amide bonds. The third kappa shape index (κ3) is 3.56. The van der Waals surface area contributed by atoms with Crippen LogP contribution in [-0.2, 0) is 29.0 Å². The van der Waals surface area contributed by atoms with Gasteiger partial charge in [-0.05, 0) is 56.7 Å². The summed E-state index contributed by atoms with van der Waals surface area (Å²) in [5.41, 5.74) is 4.23. The van der Waals surface area contributed by atoms with Crippen molar-refractivity contribution in [2.75, 3.05) is 11.4 Å². The van der Waals surface area contributed by atoms with Crippen LogP contribution >= 0.6 is 0 Å². The normalized spacial score (nSPS) is 19.1. The third-order valence-electron chi connectivity index (χ3n) is 5.45. The van der Waals surface area contributed by atoms with E-state index in [9.17, 15) is 9.59 Å². The van der Waals surface area contributed by atoms with Gasteiger partial charge in [0, 0.05) is 23.6 Å². The van der Waals surface area contributed by atoms with Crippen LogP contribution in [0, 0.1) is 12.8 Å². The van der Waals surface area contributed by atoms with Crippen molar-refractivity contribution in [2.24, 2.45) is 5.92 Å². The van der Waals surface area contributed by atoms with Gasteiger partial charge in [0.05, 0.1) is 6.54 Å². The molecule has 1 saturated heterocycles. The molecule has 6 nitrogen and oxygen atoms in total. The number of carbonyl (C=O) groups excluding carboxylic acids is 2. The van der Waals surface area contributed by atoms with E-state index < -0.39 is 5.92 Å². The van der Waals surface area contributed by atoms with Gasteiger partial charge in [0.25, 0.3) is 0 Å². The smallest absolute Gasteiger partial charge is 0.239 e. The van der Waals surface area contributed by atoms with Crippen LogP contribution in [0.1, 0.15) is 42.0 Å². The molecule has 2 heterocycles. The van der Waals surface area contributed by atoms with E-state index in [1.54, 1.807) is 4.90 Å². The van der Waals surface area contributed by atoms with E-state index >= 15 is 0 Å². The second kappa shape index (κ2) is 7.47. The van der Waals surface area contributed by atoms with E-state index in [0.717, 1.165) is 36.3 Å². The van der Waals surface area contributed by atoms with Crippen LogP contribution in [0.5, 0.6) is 0 Å². The van der Waals surface area contributed by atoms with Gasteiger partial charge in [-0.25, -0.2) is 9.97 Å². The lowest BCUT2D eigenvalue weighted by molar-refractivity contribution is -0.132. The Kier molecular flexibility index (Phi) is 4.88. The van der Waals surface area contributed by atoms with E-state index in [1.165, 1.54) is 12.0 Å². The summed E-state index contributed by atoms with van der Waals surface area (Å²) in [6.45, 7) is 2.84. The van der Waals surface area contributed by atoms with Gasteiger partial charge >= 0.3 is 0 Å². The summed E-state index contributed by atoms with van der Waals surface area (Å²) in [5.74, 6) is -0.380. The van der Waals surface area contributed by atoms with Gasteiger partial charge in [-0.1, -0.05) is 18.2 Å². The molecular formula is C21H24N4O2. The molecule has 1 atom stereocenters. The largest absolute Gasteiger partial charge is 0.348 e. The zero-order chi connectivity index (χ0) is 18.8. The molecule has 0 radical (unpaired) electrons. The van der Waals surface area contributed by atoms with Crippen molar-refractivity contribution in [3.05, 3.63) is 53.1 Å². The standard InChI is InChI=1S/C21H24N4O2/c1-14-16-9-5-6-10-18(16)24-19(23-14)13-22-20(26)17-11-12-25(21(17)27)15-7-3-2-4-8-15/h2-4,7-8,17H,5-6,9-13H2,1H3,(H,22,26). The molecule has 0 saturated carbocycles. The fraction of sp³-hybridized carbons (Fsp3) is 0.429. The number of carbonyl (C=O) groups is 2. The van der Waals surface area contributed by atoms with E-state index in [1.807, 2.05) is 37.3 Å². The molecule has 6 heteroatoms. The van der Waals surface area contributed by atoms with Crippen LogP contribution in [0.3, 0.4) is 0 Å². The van der Waals surface area contributed by atoms with Crippen LogP contribution in [0.4, 0.5) is 5.69 Å². The highest BCUT2D eigenvalue weighted by Gasteiger charge is 2.37. The number of rotatable bonds is 4. The average molecular weight is 364 g/mol. The minimum absolute atomic E-state index is 0.138. The first-order valence-corrected chi connectivity index (χ1v) is 9.63. The lowest BCUT2D eigenvalue weighted by Crippen LogP contribution is -2.37. The van der Waals surface area contributed by atoms with Gasteiger partial charge in [0.15, 0.2) is 0 Å². The Hall–Kier alpha value is -2.76. The molecule has 4 rings (SSSR count). The zero-order valence-corrected chi connectivity index (χ0v) is 15.6. The van der Waals surface area contributed by atoms with Crippen LogP contribution in [0.2, 0.25) is 0 Å². The number of hydrogen-bond acceptors (Lipinski definition) is 4. The van der Waals surface area contributed by atoms with Crippen LogP contribution in [0.15, 0.2) is 30.3 Å². The maximum atomic E-state index is 12.6. The Balaban J connectivity index is 1.40. The number of amides is 2. The topological polar surface area (TPSA) is 75.2 Å². The van der Waals surface area contributed by atoms with Crippen LogP contribution in [-0.4, -0.2) is 28.3 Å². The van der Waals surface area contributed by atoms with Gasteiger partial charge in [0.1, 0.15) is 11.7 Å². The molecule has 1 aliphatic carbocycles. The molecule has 1 N–H and O–H groups in total. The number of nitrogens with one attached hydrogen (secondary N) is 1. The third-order valence-corrected chi connectivity index (χ3v) is 5.45. The number of hydrogen-bond donors (Lipinski definition) is 1. The molecule has 1 fully saturated rings. The van der Waals surface area contributed by atoms with E-state index in [-0.39, 0.29) is 18.4 Å². The van der Waals surface area contributed by atoms with E-state index in [4.69, 9.17) is 0 Å². The lowest BCUT2D eigenvalue weighted by Gasteiger charge is -2.18. The second-order valence-electron chi connectivity index (χ2n) is 7.24. The van der Waals surface area contributed by atoms with Crippen LogP contribution in [0.25, 0.3) is 0 Å². The summed E-state index contributed by atoms with van der Waals surface area (Å²) in [4.78, 5) is 36.1. The van der Waals surface area contributed by atoms with Crippen molar-refractivity contribution >= 4 is 17.5 Å². The summed E-state index contributed by atoms with van der Waals surface area (Å²) in [5, 5.41) is 2.87. The SMILES string of the molecule is Cc1nc(CNC(=O)C2CCN(c3ccccc3)C2=O)nc2c1CCCC2. The summed E-state index contributed by atoms with van der Waals surface area (Å²) in [7, 11) is 0. The molecule has 140 valence electrons. The molecule has 2 aliphatic rings. The van der Waals surface area contributed by atoms with Crippen molar-refractivity contribution in [3.63, 3.8) is 0 Å². The highest BCUT2D eigenvalue weighted by atomic mass is 16.2. The number of aryl methyl sites for hydroxylation is 2. The molecule has 1 unspecified atom stereocenters. The molecule has 1 aromatic heterocycles. The molecule has 27 heavy (non-hydrogen) atoms. The monoisotopic (exact) mass is 364 g/mol. The number of aromatic nitrogens is 2. The van der Waals surface area contributed by atoms with Crippen molar-refractivity contribution < 1.29 is 9.59 Å². The Bertz CT molecular complexity index is 866. The highest BCUT2D eigenvalue weighted by Crippen LogP contribution is 2.25. The van der Waals surface area contributed by atoms with Crippen molar-refractivity contribution in [1.29, 1.82) is 0 Å². The Morgan fingerprint density at radius 2 is 1.96 bits per heavy atom. The summed E-state index contributed by atoms with van der Waals surface area (Å²) in [6.07, 6.45) is 4.90. The van der Waals surface area contributed by atoms with Gasteiger partial charge in [0.2, 0.25) is 11.8 Å². The second-order valence-corrected chi connectivity index (χ2v) is 7.24. The Labute approximate surface area is 159 Å². The minimum atomic E-state index is -0.635. The molecule has 2 aromatic rings. The maximum Gasteiger partial charge on any atom is 0.239 e. The number of anilines is 1. The average Bonchev–Trinajstić information content (AvgIpc) is 3.08. The van der Waals surface area contributed by atoms with Gasteiger partial charge < -0.3 is 10.2 Å². The molecular weight excluding hydrogens is 340 g/mol. The van der Waals surface area contributed by atoms with Gasteiger partial charge in [-0.2, -0.15) is 0 Å². The summed E-state index contributed by atoms with van der Waals surface area (Å²) in [6, 6.07) is 9.48. The number of benzene rings is 1. The predicted molar refractivity (Wildman–Crippen MR) is 102 cm³/mol. The van der Waals surface area contributed by atoms with Crippen molar-refractivity contribution in [3.8, 4) is 0 Å². The molecule has 1 aliphatic heterocycles. The van der Waals surface area contributed by atoms with Gasteiger partial charge in [-0.15, -0.1) is 0 Å². The molecule has 1 aromatic carbocycles. The Morgan fingerprint density at radius 1 is 1.19 bits per heavy atom. The van der Waals surface area contributed by atoms with E-state index in [2.05, 4.69) is 15.3 Å². The predicted octanol–water partition coefficient (Wildman–Crippen LogP) is 2.33. The van der Waals surface area contributed by atoms with Gasteiger partial charge in [-0.3, -0.25) is 9.59 Å². The Morgan fingerprint density at radius 3 is 2.78 bits per heavy atom. The van der Waals surface area contributed by atoms with E-state index in [0.29, 0.717) is 18.8 Å². The number of fused-ring (bicyclic) bond motifs is 1. The summed E-state index contributed by atoms with van der Waals surface area (Å²) >= 11 is 0. The quantitative estimate of drug-likeness (QED) is 0.845. The molecule has 0 spiro atoms. The fourth-order valence-electron chi connectivity index (χ4n) is 4.00. The number of para-hydroxylation sites is 1. The fourth-order valence-corrected chi connectivity index (χ4v) is 4.00. The zero-order valence-electron chi connectivity index (χ0n) is 15.6. The van der Waals surface area contributed by atoms with Crippen molar-refractivity contribution in [2.45, 2.75) is 45.6 Å². The lowest BCUT2D eigenvalue weighted by atomic mass is 9.95. The van der Waals surface area contributed by atoms with Crippen molar-refractivity contribution in [1.82, 2.24) is 15.3 Å².